The zero-order valence-corrected chi connectivity index (χ0v) is 10.1. The number of fused-ring (bicyclic) bond motifs is 1. The van der Waals surface area contributed by atoms with E-state index in [-0.39, 0.29) is 0 Å². The second-order valence-corrected chi connectivity index (χ2v) is 5.77. The molecule has 0 saturated heterocycles. The Kier molecular flexibility index (Phi) is 2.74. The highest BCUT2D eigenvalue weighted by molar-refractivity contribution is 5.78. The lowest BCUT2D eigenvalue weighted by Crippen LogP contribution is -2.42. The maximum absolute atomic E-state index is 11.5. The molecule has 1 saturated carbocycles. The quantitative estimate of drug-likeness (QED) is 0.599. The number of rotatable bonds is 1. The summed E-state index contributed by atoms with van der Waals surface area (Å²) in [7, 11) is 0. The maximum Gasteiger partial charge on any atom is 0.132 e. The summed E-state index contributed by atoms with van der Waals surface area (Å²) >= 11 is 0. The van der Waals surface area contributed by atoms with Gasteiger partial charge in [0, 0.05) is 5.92 Å². The average Bonchev–Trinajstić information content (AvgIpc) is 2.19. The van der Waals surface area contributed by atoms with Gasteiger partial charge in [0.15, 0.2) is 0 Å². The molecular formula is C14H22O. The molecule has 1 fully saturated rings. The molecular weight excluding hydrogens is 184 g/mol. The lowest BCUT2D eigenvalue weighted by Gasteiger charge is -2.49. The van der Waals surface area contributed by atoms with Gasteiger partial charge >= 0.3 is 0 Å². The maximum atomic E-state index is 11.5. The van der Waals surface area contributed by atoms with Crippen LogP contribution in [0.25, 0.3) is 0 Å². The fraction of sp³-hybridized carbons (Fsp3) is 0.786. The van der Waals surface area contributed by atoms with Crippen molar-refractivity contribution in [1.29, 1.82) is 0 Å². The number of ketones is 1. The first-order chi connectivity index (χ1) is 7.04. The molecule has 0 amide bonds. The highest BCUT2D eigenvalue weighted by Gasteiger charge is 2.44. The minimum atomic E-state index is 0.334. The van der Waals surface area contributed by atoms with Gasteiger partial charge in [0.25, 0.3) is 0 Å². The number of Topliss-reactive ketones (excluding diaryl/α,β-unsaturated/α-hetero) is 1. The van der Waals surface area contributed by atoms with Crippen molar-refractivity contribution in [1.82, 2.24) is 0 Å². The summed E-state index contributed by atoms with van der Waals surface area (Å²) in [5.41, 5.74) is 0.378. The monoisotopic (exact) mass is 206 g/mol. The van der Waals surface area contributed by atoms with Gasteiger partial charge in [0.2, 0.25) is 0 Å². The fourth-order valence-electron chi connectivity index (χ4n) is 3.44. The van der Waals surface area contributed by atoms with E-state index in [1.54, 1.807) is 6.92 Å². The van der Waals surface area contributed by atoms with Crippen LogP contribution in [0, 0.1) is 23.2 Å². The summed E-state index contributed by atoms with van der Waals surface area (Å²) < 4.78 is 0. The number of carbonyl (C=O) groups excluding carboxylic acids is 1. The lowest BCUT2D eigenvalue weighted by molar-refractivity contribution is -0.124. The minimum Gasteiger partial charge on any atom is -0.300 e. The van der Waals surface area contributed by atoms with E-state index >= 15 is 0 Å². The van der Waals surface area contributed by atoms with Crippen molar-refractivity contribution in [2.45, 2.75) is 46.5 Å². The van der Waals surface area contributed by atoms with Crippen molar-refractivity contribution in [2.24, 2.45) is 23.2 Å². The number of allylic oxidation sites excluding steroid dienone is 2. The second kappa shape index (κ2) is 3.77. The number of hydrogen-bond acceptors (Lipinski definition) is 1. The van der Waals surface area contributed by atoms with Crippen LogP contribution in [0.4, 0.5) is 0 Å². The van der Waals surface area contributed by atoms with E-state index in [1.807, 2.05) is 0 Å². The molecule has 0 unspecified atom stereocenters. The van der Waals surface area contributed by atoms with E-state index in [2.05, 4.69) is 26.0 Å². The second-order valence-electron chi connectivity index (χ2n) is 5.77. The highest BCUT2D eigenvalue weighted by atomic mass is 16.1. The van der Waals surface area contributed by atoms with Crippen LogP contribution in [0.2, 0.25) is 0 Å². The van der Waals surface area contributed by atoms with Crippen LogP contribution in [-0.2, 0) is 4.79 Å². The van der Waals surface area contributed by atoms with Gasteiger partial charge in [-0.05, 0) is 49.9 Å². The summed E-state index contributed by atoms with van der Waals surface area (Å²) in [6.45, 7) is 6.50. The zero-order valence-electron chi connectivity index (χ0n) is 10.1. The molecule has 0 radical (unpaired) electrons. The third-order valence-corrected chi connectivity index (χ3v) is 4.92. The molecule has 4 atom stereocenters. The van der Waals surface area contributed by atoms with Crippen LogP contribution in [0.1, 0.15) is 46.5 Å². The van der Waals surface area contributed by atoms with Crippen molar-refractivity contribution < 1.29 is 4.79 Å². The Morgan fingerprint density at radius 1 is 1.40 bits per heavy atom. The van der Waals surface area contributed by atoms with Gasteiger partial charge < -0.3 is 0 Å². The van der Waals surface area contributed by atoms with Crippen molar-refractivity contribution in [3.05, 3.63) is 12.2 Å². The Balaban J connectivity index is 2.20. The Morgan fingerprint density at radius 2 is 2.13 bits per heavy atom. The van der Waals surface area contributed by atoms with Crippen molar-refractivity contribution in [3.8, 4) is 0 Å². The predicted molar refractivity (Wildman–Crippen MR) is 62.5 cm³/mol. The largest absolute Gasteiger partial charge is 0.300 e. The Hall–Kier alpha value is -0.590. The average molecular weight is 206 g/mol. The molecule has 84 valence electrons. The van der Waals surface area contributed by atoms with Crippen molar-refractivity contribution in [3.63, 3.8) is 0 Å². The first-order valence-corrected chi connectivity index (χ1v) is 6.21. The Morgan fingerprint density at radius 3 is 2.80 bits per heavy atom. The van der Waals surface area contributed by atoms with Gasteiger partial charge in [-0.2, -0.15) is 0 Å². The van der Waals surface area contributed by atoms with Gasteiger partial charge in [-0.25, -0.2) is 0 Å². The first-order valence-electron chi connectivity index (χ1n) is 6.21. The molecule has 0 bridgehead atoms. The summed E-state index contributed by atoms with van der Waals surface area (Å²) in [5, 5.41) is 0. The third-order valence-electron chi connectivity index (χ3n) is 4.92. The van der Waals surface area contributed by atoms with Crippen LogP contribution in [0.5, 0.6) is 0 Å². The summed E-state index contributed by atoms with van der Waals surface area (Å²) in [4.78, 5) is 11.5. The molecule has 0 heterocycles. The van der Waals surface area contributed by atoms with Gasteiger partial charge in [-0.3, -0.25) is 4.79 Å². The predicted octanol–water partition coefficient (Wildman–Crippen LogP) is 3.59. The molecule has 15 heavy (non-hydrogen) atoms. The Labute approximate surface area is 92.9 Å². The van der Waals surface area contributed by atoms with E-state index < -0.39 is 0 Å². The molecule has 2 aliphatic rings. The minimum absolute atomic E-state index is 0.334. The van der Waals surface area contributed by atoms with E-state index in [1.165, 1.54) is 12.8 Å². The molecule has 0 aliphatic heterocycles. The molecule has 2 rings (SSSR count). The van der Waals surface area contributed by atoms with E-state index in [9.17, 15) is 4.79 Å². The highest BCUT2D eigenvalue weighted by Crippen LogP contribution is 2.52. The zero-order chi connectivity index (χ0) is 11.1. The van der Waals surface area contributed by atoms with E-state index in [0.29, 0.717) is 17.1 Å². The van der Waals surface area contributed by atoms with Gasteiger partial charge in [0.05, 0.1) is 0 Å². The van der Waals surface area contributed by atoms with Crippen LogP contribution < -0.4 is 0 Å². The van der Waals surface area contributed by atoms with Gasteiger partial charge in [0.1, 0.15) is 5.78 Å². The van der Waals surface area contributed by atoms with Crippen LogP contribution in [-0.4, -0.2) is 5.78 Å². The first kappa shape index (κ1) is 10.9. The molecule has 0 aromatic rings. The van der Waals surface area contributed by atoms with Crippen molar-refractivity contribution >= 4 is 5.78 Å². The van der Waals surface area contributed by atoms with E-state index in [0.717, 1.165) is 24.7 Å². The van der Waals surface area contributed by atoms with Crippen LogP contribution >= 0.6 is 0 Å². The number of carbonyl (C=O) groups is 1. The SMILES string of the molecule is CC(=O)[C@@H]1CC[C@@H]2C=CC[C@@H](C)[C@]2(C)C1. The normalized spacial score (nSPS) is 44.9. The topological polar surface area (TPSA) is 17.1 Å². The Bertz CT molecular complexity index is 292. The lowest BCUT2D eigenvalue weighted by atomic mass is 9.55. The van der Waals surface area contributed by atoms with Crippen LogP contribution in [0.15, 0.2) is 12.2 Å². The fourth-order valence-corrected chi connectivity index (χ4v) is 3.44. The third kappa shape index (κ3) is 1.77. The van der Waals surface area contributed by atoms with E-state index in [4.69, 9.17) is 0 Å². The molecule has 0 aromatic carbocycles. The smallest absolute Gasteiger partial charge is 0.132 e. The number of hydrogen-bond donors (Lipinski definition) is 0. The summed E-state index contributed by atoms with van der Waals surface area (Å²) in [6, 6.07) is 0. The van der Waals surface area contributed by atoms with Crippen molar-refractivity contribution in [2.75, 3.05) is 0 Å². The summed E-state index contributed by atoms with van der Waals surface area (Å²) in [5.74, 6) is 2.18. The molecule has 2 aliphatic carbocycles. The summed E-state index contributed by atoms with van der Waals surface area (Å²) in [6.07, 6.45) is 9.35. The van der Waals surface area contributed by atoms with Crippen LogP contribution in [0.3, 0.4) is 0 Å². The van der Waals surface area contributed by atoms with Gasteiger partial charge in [-0.1, -0.05) is 26.0 Å². The standard InChI is InChI=1S/C14H22O/c1-10-5-4-6-13-8-7-12(11(2)15)9-14(10,13)3/h4,6,10,12-13H,5,7-9H2,1-3H3/t10-,12-,13+,14+/m1/s1. The van der Waals surface area contributed by atoms with Gasteiger partial charge in [-0.15, -0.1) is 0 Å². The molecule has 1 nitrogen and oxygen atoms in total. The molecule has 0 spiro atoms. The molecule has 1 heteroatoms. The molecule has 0 N–H and O–H groups in total. The molecule has 0 aromatic heterocycles.